The van der Waals surface area contributed by atoms with Gasteiger partial charge in [-0.1, -0.05) is 18.2 Å². The first-order valence-electron chi connectivity index (χ1n) is 8.67. The average molecular weight is 339 g/mol. The third-order valence-corrected chi connectivity index (χ3v) is 4.98. The summed E-state index contributed by atoms with van der Waals surface area (Å²) in [6.07, 6.45) is 1.40. The standard InChI is InChI=1S/C20H22FN3O/c21-15-5-7-16(8-6-15)24-11-9-23(10-12-24)14-20(25)18-13-22-19-4-2-1-3-17(18)19/h1-8,13,20,22,25H,9-12,14H2. The Morgan fingerprint density at radius 3 is 2.48 bits per heavy atom. The van der Waals surface area contributed by atoms with Gasteiger partial charge in [0, 0.05) is 61.1 Å². The van der Waals surface area contributed by atoms with Crippen molar-refractivity contribution >= 4 is 16.6 Å². The molecule has 0 amide bonds. The lowest BCUT2D eigenvalue weighted by molar-refractivity contribution is 0.110. The maximum atomic E-state index is 13.0. The minimum Gasteiger partial charge on any atom is -0.387 e. The Hall–Kier alpha value is -2.37. The lowest BCUT2D eigenvalue weighted by Crippen LogP contribution is -2.47. The third kappa shape index (κ3) is 3.38. The number of H-pyrrole nitrogens is 1. The smallest absolute Gasteiger partial charge is 0.123 e. The fourth-order valence-corrected chi connectivity index (χ4v) is 3.55. The van der Waals surface area contributed by atoms with Gasteiger partial charge in [-0.3, -0.25) is 4.90 Å². The van der Waals surface area contributed by atoms with Crippen molar-refractivity contribution in [3.8, 4) is 0 Å². The topological polar surface area (TPSA) is 42.5 Å². The lowest BCUT2D eigenvalue weighted by Gasteiger charge is -2.36. The highest BCUT2D eigenvalue weighted by molar-refractivity contribution is 5.83. The molecule has 2 heterocycles. The van der Waals surface area contributed by atoms with Crippen LogP contribution in [-0.4, -0.2) is 47.7 Å². The Kier molecular flexibility index (Phi) is 4.42. The molecule has 1 atom stereocenters. The van der Waals surface area contributed by atoms with E-state index in [2.05, 4.69) is 14.8 Å². The molecule has 3 aromatic rings. The number of anilines is 1. The summed E-state index contributed by atoms with van der Waals surface area (Å²) in [7, 11) is 0. The summed E-state index contributed by atoms with van der Waals surface area (Å²) in [6, 6.07) is 14.7. The summed E-state index contributed by atoms with van der Waals surface area (Å²) in [6.45, 7) is 4.16. The van der Waals surface area contributed by atoms with Crippen molar-refractivity contribution in [1.29, 1.82) is 0 Å². The van der Waals surface area contributed by atoms with Crippen LogP contribution in [0.3, 0.4) is 0 Å². The number of aromatic nitrogens is 1. The van der Waals surface area contributed by atoms with E-state index in [0.29, 0.717) is 6.54 Å². The van der Waals surface area contributed by atoms with Crippen molar-refractivity contribution in [1.82, 2.24) is 9.88 Å². The number of fused-ring (bicyclic) bond motifs is 1. The van der Waals surface area contributed by atoms with Crippen molar-refractivity contribution < 1.29 is 9.50 Å². The molecule has 0 aliphatic carbocycles. The molecule has 1 aromatic heterocycles. The first kappa shape index (κ1) is 16.1. The largest absolute Gasteiger partial charge is 0.387 e. The second-order valence-electron chi connectivity index (χ2n) is 6.57. The van der Waals surface area contributed by atoms with Gasteiger partial charge in [0.25, 0.3) is 0 Å². The predicted octanol–water partition coefficient (Wildman–Crippen LogP) is 3.16. The Morgan fingerprint density at radius 1 is 1.00 bits per heavy atom. The van der Waals surface area contributed by atoms with E-state index in [1.165, 1.54) is 12.1 Å². The number of β-amino-alcohol motifs (C(OH)–C–C–N with tert-alkyl or cyclic N) is 1. The van der Waals surface area contributed by atoms with Gasteiger partial charge in [0.1, 0.15) is 5.82 Å². The van der Waals surface area contributed by atoms with Gasteiger partial charge < -0.3 is 15.0 Å². The molecular weight excluding hydrogens is 317 g/mol. The van der Waals surface area contributed by atoms with E-state index < -0.39 is 6.10 Å². The molecule has 25 heavy (non-hydrogen) atoms. The van der Waals surface area contributed by atoms with Gasteiger partial charge in [-0.15, -0.1) is 0 Å². The third-order valence-electron chi connectivity index (χ3n) is 4.98. The molecule has 1 fully saturated rings. The van der Waals surface area contributed by atoms with Crippen molar-refractivity contribution in [3.63, 3.8) is 0 Å². The molecule has 130 valence electrons. The van der Waals surface area contributed by atoms with Crippen LogP contribution in [0.1, 0.15) is 11.7 Å². The number of hydrogen-bond acceptors (Lipinski definition) is 3. The van der Waals surface area contributed by atoms with Gasteiger partial charge in [0.2, 0.25) is 0 Å². The van der Waals surface area contributed by atoms with Crippen LogP contribution < -0.4 is 4.90 Å². The van der Waals surface area contributed by atoms with Crippen molar-refractivity contribution in [2.45, 2.75) is 6.10 Å². The Morgan fingerprint density at radius 2 is 1.72 bits per heavy atom. The van der Waals surface area contributed by atoms with Crippen LogP contribution in [0.25, 0.3) is 10.9 Å². The zero-order valence-electron chi connectivity index (χ0n) is 14.0. The summed E-state index contributed by atoms with van der Waals surface area (Å²) < 4.78 is 13.0. The molecule has 1 aliphatic rings. The Bertz CT molecular complexity index is 838. The molecule has 0 saturated carbocycles. The van der Waals surface area contributed by atoms with Crippen LogP contribution in [0.5, 0.6) is 0 Å². The number of piperazine rings is 1. The molecule has 2 N–H and O–H groups in total. The molecule has 5 heteroatoms. The van der Waals surface area contributed by atoms with Gasteiger partial charge in [-0.05, 0) is 30.3 Å². The van der Waals surface area contributed by atoms with E-state index in [1.807, 2.05) is 42.6 Å². The van der Waals surface area contributed by atoms with Crippen LogP contribution in [-0.2, 0) is 0 Å². The van der Waals surface area contributed by atoms with Crippen LogP contribution in [0, 0.1) is 5.82 Å². The molecule has 1 saturated heterocycles. The van der Waals surface area contributed by atoms with Crippen LogP contribution in [0.4, 0.5) is 10.1 Å². The second-order valence-corrected chi connectivity index (χ2v) is 6.57. The van der Waals surface area contributed by atoms with E-state index >= 15 is 0 Å². The minimum absolute atomic E-state index is 0.204. The molecule has 1 unspecified atom stereocenters. The highest BCUT2D eigenvalue weighted by atomic mass is 19.1. The number of benzene rings is 2. The van der Waals surface area contributed by atoms with E-state index in [-0.39, 0.29) is 5.82 Å². The zero-order chi connectivity index (χ0) is 17.2. The Balaban J connectivity index is 1.37. The fourth-order valence-electron chi connectivity index (χ4n) is 3.55. The molecule has 4 rings (SSSR count). The van der Waals surface area contributed by atoms with Gasteiger partial charge in [0.05, 0.1) is 6.10 Å². The number of halogens is 1. The van der Waals surface area contributed by atoms with E-state index in [4.69, 9.17) is 0 Å². The first-order chi connectivity index (χ1) is 12.2. The van der Waals surface area contributed by atoms with Crippen molar-refractivity contribution in [2.75, 3.05) is 37.6 Å². The molecule has 4 nitrogen and oxygen atoms in total. The average Bonchev–Trinajstić information content (AvgIpc) is 3.07. The lowest BCUT2D eigenvalue weighted by atomic mass is 10.1. The molecule has 0 bridgehead atoms. The van der Waals surface area contributed by atoms with Crippen LogP contribution in [0.15, 0.2) is 54.7 Å². The quantitative estimate of drug-likeness (QED) is 0.767. The van der Waals surface area contributed by atoms with Gasteiger partial charge in [-0.25, -0.2) is 4.39 Å². The summed E-state index contributed by atoms with van der Waals surface area (Å²) >= 11 is 0. The number of nitrogens with zero attached hydrogens (tertiary/aromatic N) is 2. The highest BCUT2D eigenvalue weighted by Gasteiger charge is 2.21. The number of hydrogen-bond donors (Lipinski definition) is 2. The van der Waals surface area contributed by atoms with Gasteiger partial charge in [-0.2, -0.15) is 0 Å². The van der Waals surface area contributed by atoms with Crippen molar-refractivity contribution in [3.05, 3.63) is 66.1 Å². The van der Waals surface area contributed by atoms with Crippen LogP contribution >= 0.6 is 0 Å². The maximum absolute atomic E-state index is 13.0. The minimum atomic E-state index is -0.506. The SMILES string of the molecule is OC(CN1CCN(c2ccc(F)cc2)CC1)c1c[nH]c2ccccc12. The normalized spacial score (nSPS) is 17.1. The molecule has 2 aromatic carbocycles. The van der Waals surface area contributed by atoms with Gasteiger partial charge in [0.15, 0.2) is 0 Å². The number of rotatable bonds is 4. The highest BCUT2D eigenvalue weighted by Crippen LogP contribution is 2.25. The van der Waals surface area contributed by atoms with Crippen LogP contribution in [0.2, 0.25) is 0 Å². The Labute approximate surface area is 146 Å². The van der Waals surface area contributed by atoms with Gasteiger partial charge >= 0.3 is 0 Å². The molecule has 1 aliphatic heterocycles. The first-order valence-corrected chi connectivity index (χ1v) is 8.67. The summed E-state index contributed by atoms with van der Waals surface area (Å²) in [5, 5.41) is 11.7. The summed E-state index contributed by atoms with van der Waals surface area (Å²) in [4.78, 5) is 7.76. The number of para-hydroxylation sites is 1. The molecule has 0 radical (unpaired) electrons. The fraction of sp³-hybridized carbons (Fsp3) is 0.300. The van der Waals surface area contributed by atoms with E-state index in [0.717, 1.165) is 48.3 Å². The summed E-state index contributed by atoms with van der Waals surface area (Å²) in [5.74, 6) is -0.204. The molecular formula is C20H22FN3O. The van der Waals surface area contributed by atoms with E-state index in [1.54, 1.807) is 0 Å². The number of nitrogens with one attached hydrogen (secondary N) is 1. The second kappa shape index (κ2) is 6.86. The maximum Gasteiger partial charge on any atom is 0.123 e. The zero-order valence-corrected chi connectivity index (χ0v) is 14.0. The summed E-state index contributed by atoms with van der Waals surface area (Å²) in [5.41, 5.74) is 3.06. The predicted molar refractivity (Wildman–Crippen MR) is 98.3 cm³/mol. The number of aliphatic hydroxyl groups excluding tert-OH is 1. The number of aromatic amines is 1. The monoisotopic (exact) mass is 339 g/mol. The number of aliphatic hydroxyl groups is 1. The van der Waals surface area contributed by atoms with Crippen molar-refractivity contribution in [2.24, 2.45) is 0 Å². The van der Waals surface area contributed by atoms with E-state index in [9.17, 15) is 9.50 Å². The molecule has 0 spiro atoms.